The number of hydrogen-bond acceptors (Lipinski definition) is 18. The highest BCUT2D eigenvalue weighted by Crippen LogP contribution is 2.63. The number of carboxylic acids is 2. The predicted octanol–water partition coefficient (Wildman–Crippen LogP) is 10.9. The number of nitrogens with zero attached hydrogens (tertiary/aromatic N) is 10. The van der Waals surface area contributed by atoms with E-state index >= 15 is 4.39 Å². The van der Waals surface area contributed by atoms with Crippen LogP contribution in [0.1, 0.15) is 133 Å². The van der Waals surface area contributed by atoms with Crippen LogP contribution in [0.15, 0.2) is 75.4 Å². The van der Waals surface area contributed by atoms with Gasteiger partial charge in [-0.2, -0.15) is 10.1 Å². The van der Waals surface area contributed by atoms with Crippen LogP contribution in [0.3, 0.4) is 0 Å². The summed E-state index contributed by atoms with van der Waals surface area (Å²) in [6.45, 7) is 20.2. The lowest BCUT2D eigenvalue weighted by atomic mass is 9.45. The van der Waals surface area contributed by atoms with Crippen molar-refractivity contribution in [3.8, 4) is 22.6 Å². The first-order valence-corrected chi connectivity index (χ1v) is 35.9. The normalized spacial score (nSPS) is 30.9. The standard InChI is InChI=1S/C34H45FN6O6.C25H35BrFN5O4.C14H18BNO4/c1-17-25-13-21(34(25,3)4)14-27(17)38-32(43)30-29(18(2)42)28(15-37-39-36)47-41(30)16-24-26(35)9-8-23(31(24)46-7)19-10-20(33(44)45)12-22(11-19)40(5)6;1-12-16-8-14(25(16,3)4)9-19(12)30-24(34)22-21(13(2)33)20(10-29-31-28)36-32(22)11-15-18(27)7-6-17(26)23(15)35-5;1-13-8-14(13,2)20-15(19-13)10-5-9(12(17)18)6-11(7-10)16(3)4/h8-12,17-18,21,25,27-30,42H,13-16H2,1-7H3,(H,38,43)(H,44,45);6-7,12-14,16,19-22,33H,8-11H2,1-5H3,(H,30,34);5-7H,8H2,1-4H3,(H,17,18)/t17-,18-,21+,25-,27-,28-,29+,30-;12-,13-,14+,16-,19-,20-,21+,22-;/m00./s1. The van der Waals surface area contributed by atoms with Crippen LogP contribution in [0.2, 0.25) is 0 Å². The molecule has 4 aromatic rings. The van der Waals surface area contributed by atoms with Gasteiger partial charge in [-0.1, -0.05) is 51.8 Å². The number of fused-ring (bicyclic) bond motifs is 5. The number of amides is 2. The number of hydrogen-bond donors (Lipinski definition) is 6. The minimum absolute atomic E-state index is 0.0131. The Kier molecular flexibility index (Phi) is 23.3. The molecule has 10 fully saturated rings. The third kappa shape index (κ3) is 15.4. The monoisotopic (exact) mass is 1490 g/mol. The smallest absolute Gasteiger partial charge is 0.494 e. The van der Waals surface area contributed by atoms with E-state index in [0.29, 0.717) is 56.6 Å². The predicted molar refractivity (Wildman–Crippen MR) is 386 cm³/mol. The van der Waals surface area contributed by atoms with Crippen molar-refractivity contribution in [3.05, 3.63) is 120 Å². The average molecular weight is 1500 g/mol. The number of carbonyl (C=O) groups is 4. The van der Waals surface area contributed by atoms with E-state index in [1.54, 1.807) is 63.2 Å². The molecule has 6 N–H and O–H groups in total. The minimum Gasteiger partial charge on any atom is -0.496 e. The number of benzene rings is 4. The van der Waals surface area contributed by atoms with Gasteiger partial charge in [-0.3, -0.25) is 19.3 Å². The molecule has 7 saturated carbocycles. The Labute approximate surface area is 608 Å². The van der Waals surface area contributed by atoms with E-state index in [2.05, 4.69) is 88.2 Å². The first-order chi connectivity index (χ1) is 48.4. The number of halogens is 3. The zero-order valence-corrected chi connectivity index (χ0v) is 63.0. The Bertz CT molecular complexity index is 3960. The minimum atomic E-state index is -1.11. The molecule has 3 saturated heterocycles. The second kappa shape index (κ2) is 30.6. The summed E-state index contributed by atoms with van der Waals surface area (Å²) in [5, 5.41) is 57.1. The number of methoxy groups -OCH3 is 2. The van der Waals surface area contributed by atoms with Crippen LogP contribution in [-0.4, -0.2) is 177 Å². The molecule has 3 aliphatic heterocycles. The van der Waals surface area contributed by atoms with Crippen molar-refractivity contribution in [1.82, 2.24) is 20.8 Å². The summed E-state index contributed by atoms with van der Waals surface area (Å²) < 4.78 is 54.3. The molecule has 0 spiro atoms. The van der Waals surface area contributed by atoms with E-state index in [9.17, 15) is 44.0 Å². The molecule has 2 amide bonds. The topological polar surface area (TPSA) is 339 Å². The first-order valence-electron chi connectivity index (χ1n) is 35.1. The van der Waals surface area contributed by atoms with Gasteiger partial charge >= 0.3 is 19.1 Å². The van der Waals surface area contributed by atoms with Crippen molar-refractivity contribution < 1.29 is 76.8 Å². The van der Waals surface area contributed by atoms with Crippen LogP contribution in [0.5, 0.6) is 11.5 Å². The molecular formula is C73H98BBrF2N12O14. The highest BCUT2D eigenvalue weighted by atomic mass is 79.9. The SMILES string of the molecule is CN(C)c1cc(B2OC3(C)CC3(C)O2)cc(C(=O)O)c1.COc1c(-c2cc(C(=O)O)cc(N(C)C)c2)ccc(F)c1CN1O[C@@H](CN=[N+]=[N-])[C@@H]([C@H](C)O)[C@H]1C(=O)N[C@H]1C[C@H]2C[C@@H]([C@@H]1C)C2(C)C.COc1c(Br)ccc(F)c1CN1O[C@@H](CN=[N+]=[N-])[C@@H]([C@H](C)O)[C@H]1C(=O)N[C@H]1C[C@H]2C[C@@H]([C@@H]1C)C2(C)C. The van der Waals surface area contributed by atoms with Gasteiger partial charge in [0.15, 0.2) is 0 Å². The number of azide groups is 2. The summed E-state index contributed by atoms with van der Waals surface area (Å²) in [7, 11) is 9.68. The maximum Gasteiger partial charge on any atom is 0.494 e. The molecule has 2 unspecified atom stereocenters. The van der Waals surface area contributed by atoms with E-state index < -0.39 is 79.0 Å². The second-order valence-corrected chi connectivity index (χ2v) is 32.1. The van der Waals surface area contributed by atoms with Crippen molar-refractivity contribution in [2.24, 2.45) is 68.4 Å². The number of anilines is 2. The van der Waals surface area contributed by atoms with Gasteiger partial charge < -0.3 is 59.6 Å². The van der Waals surface area contributed by atoms with Crippen LogP contribution in [0, 0.1) is 69.8 Å². The van der Waals surface area contributed by atoms with Crippen molar-refractivity contribution in [1.29, 1.82) is 0 Å². The molecule has 18 atom stereocenters. The van der Waals surface area contributed by atoms with Crippen molar-refractivity contribution in [2.75, 3.05) is 65.3 Å². The molecule has 0 aromatic heterocycles. The maximum atomic E-state index is 15.7. The lowest BCUT2D eigenvalue weighted by molar-refractivity contribution is -0.176. The van der Waals surface area contributed by atoms with Crippen molar-refractivity contribution in [3.63, 3.8) is 0 Å². The molecule has 0 radical (unpaired) electrons. The quantitative estimate of drug-likeness (QED) is 0.0184. The number of carboxylic acid groups (broad SMARTS) is 2. The molecular weight excluding hydrogens is 1400 g/mol. The summed E-state index contributed by atoms with van der Waals surface area (Å²) in [5.74, 6) is -2.17. The van der Waals surface area contributed by atoms with E-state index in [4.69, 9.17) is 39.5 Å². The fraction of sp³-hybridized carbons (Fsp3) is 0.616. The zero-order chi connectivity index (χ0) is 75.4. The van der Waals surface area contributed by atoms with Crippen molar-refractivity contribution >= 4 is 63.6 Å². The first kappa shape index (κ1) is 78.3. The van der Waals surface area contributed by atoms with Gasteiger partial charge in [-0.15, -0.1) is 0 Å². The molecule has 7 aliphatic carbocycles. The van der Waals surface area contributed by atoms with E-state index in [1.807, 2.05) is 38.9 Å². The van der Waals surface area contributed by atoms with Gasteiger partial charge in [0.1, 0.15) is 35.2 Å². The summed E-state index contributed by atoms with van der Waals surface area (Å²) in [6.07, 6.45) is 1.42. The van der Waals surface area contributed by atoms with Crippen LogP contribution in [0.4, 0.5) is 20.2 Å². The number of aliphatic hydroxyl groups is 2. The lowest BCUT2D eigenvalue weighted by Gasteiger charge is -2.62. The summed E-state index contributed by atoms with van der Waals surface area (Å²) in [4.78, 5) is 72.7. The molecule has 558 valence electrons. The van der Waals surface area contributed by atoms with Gasteiger partial charge in [0.05, 0.1) is 91.6 Å². The third-order valence-electron chi connectivity index (χ3n) is 24.2. The molecule has 14 rings (SSSR count). The lowest BCUT2D eigenvalue weighted by Crippen LogP contribution is -2.62. The van der Waals surface area contributed by atoms with Gasteiger partial charge in [0.2, 0.25) is 11.8 Å². The Morgan fingerprint density at radius 1 is 0.670 bits per heavy atom. The number of carbonyl (C=O) groups excluding carboxylic acids is 2. The Morgan fingerprint density at radius 3 is 1.50 bits per heavy atom. The maximum absolute atomic E-state index is 15.7. The van der Waals surface area contributed by atoms with Crippen LogP contribution in [0.25, 0.3) is 32.0 Å². The van der Waals surface area contributed by atoms with Gasteiger partial charge in [-0.25, -0.2) is 18.4 Å². The third-order valence-corrected chi connectivity index (χ3v) is 24.8. The highest BCUT2D eigenvalue weighted by molar-refractivity contribution is 9.10. The largest absolute Gasteiger partial charge is 0.496 e. The number of hydroxylamine groups is 4. The Morgan fingerprint density at radius 2 is 1.10 bits per heavy atom. The van der Waals surface area contributed by atoms with E-state index in [1.165, 1.54) is 55.0 Å². The van der Waals surface area contributed by atoms with E-state index in [-0.39, 0.29) is 106 Å². The molecule has 103 heavy (non-hydrogen) atoms. The number of rotatable bonds is 22. The molecule has 30 heteroatoms. The summed E-state index contributed by atoms with van der Waals surface area (Å²) in [6, 6.07) is 13.7. The molecule has 10 aliphatic rings. The fourth-order valence-electron chi connectivity index (χ4n) is 17.5. The summed E-state index contributed by atoms with van der Waals surface area (Å²) >= 11 is 3.38. The van der Waals surface area contributed by atoms with E-state index in [0.717, 1.165) is 36.8 Å². The highest BCUT2D eigenvalue weighted by Gasteiger charge is 2.71. The Hall–Kier alpha value is -7.34. The zero-order valence-electron chi connectivity index (χ0n) is 61.4. The number of nitrogens with one attached hydrogen (secondary N) is 2. The van der Waals surface area contributed by atoms with Gasteiger partial charge in [-0.05, 0) is 198 Å². The van der Waals surface area contributed by atoms with Crippen LogP contribution < -0.4 is 35.4 Å². The molecule has 4 aromatic carbocycles. The van der Waals surface area contributed by atoms with Crippen molar-refractivity contribution in [2.45, 2.75) is 174 Å². The molecule has 4 bridgehead atoms. The second-order valence-electron chi connectivity index (χ2n) is 31.3. The number of aliphatic hydroxyl groups excluding tert-OH is 2. The van der Waals surface area contributed by atoms with Crippen LogP contribution in [-0.2, 0) is 41.7 Å². The van der Waals surface area contributed by atoms with Gasteiger partial charge in [0, 0.05) is 96.4 Å². The Balaban J connectivity index is 0.000000179. The molecule has 26 nitrogen and oxygen atoms in total. The van der Waals surface area contributed by atoms with Crippen LogP contribution >= 0.6 is 15.9 Å². The fourth-order valence-corrected chi connectivity index (χ4v) is 18.1. The van der Waals surface area contributed by atoms with Gasteiger partial charge in [0.25, 0.3) is 0 Å². The summed E-state index contributed by atoms with van der Waals surface area (Å²) in [5.41, 5.74) is 21.7. The molecule has 3 heterocycles. The number of ether oxygens (including phenoxy) is 2. The number of aromatic carboxylic acids is 2. The average Bonchev–Trinajstić information content (AvgIpc) is 1.57.